The van der Waals surface area contributed by atoms with E-state index in [1.807, 2.05) is 36.4 Å². The number of benzene rings is 3. The first-order valence-electron chi connectivity index (χ1n) is 10.9. The van der Waals surface area contributed by atoms with E-state index in [4.69, 9.17) is 20.3 Å². The molecule has 3 aromatic rings. The molecule has 0 fully saturated rings. The van der Waals surface area contributed by atoms with Crippen LogP contribution in [0.5, 0.6) is 11.5 Å². The zero-order chi connectivity index (χ0) is 24.2. The van der Waals surface area contributed by atoms with Crippen molar-refractivity contribution in [2.75, 3.05) is 13.2 Å². The molecule has 0 radical (unpaired) electrons. The second kappa shape index (κ2) is 10.6. The molecule has 9 heteroatoms. The van der Waals surface area contributed by atoms with Crippen LogP contribution < -0.4 is 10.5 Å². The molecule has 7 nitrogen and oxygen atoms in total. The van der Waals surface area contributed by atoms with E-state index in [0.717, 1.165) is 40.4 Å². The van der Waals surface area contributed by atoms with Gasteiger partial charge in [0.25, 0.3) is 0 Å². The summed E-state index contributed by atoms with van der Waals surface area (Å²) in [5.74, 6) is 2.57. The highest BCUT2D eigenvalue weighted by molar-refractivity contribution is 7.98. The Labute approximate surface area is 203 Å². The molecule has 1 unspecified atom stereocenters. The first-order valence-corrected chi connectivity index (χ1v) is 13.4. The second-order valence-corrected chi connectivity index (χ2v) is 10.8. The number of phosphoric acid groups is 1. The maximum atomic E-state index is 11.0. The molecule has 0 bridgehead atoms. The molecule has 0 amide bonds. The minimum Gasteiger partial charge on any atom is -0.457 e. The van der Waals surface area contributed by atoms with Gasteiger partial charge in [-0.1, -0.05) is 42.5 Å². The van der Waals surface area contributed by atoms with Crippen molar-refractivity contribution in [2.45, 2.75) is 35.4 Å². The molecule has 1 aliphatic rings. The lowest BCUT2D eigenvalue weighted by atomic mass is 9.92. The molecule has 4 rings (SSSR count). The summed E-state index contributed by atoms with van der Waals surface area (Å²) >= 11 is 1.79. The molecule has 0 aliphatic carbocycles. The van der Waals surface area contributed by atoms with Gasteiger partial charge in [-0.05, 0) is 53.8 Å². The van der Waals surface area contributed by atoms with E-state index in [-0.39, 0.29) is 0 Å². The largest absolute Gasteiger partial charge is 0.469 e. The second-order valence-electron chi connectivity index (χ2n) is 8.55. The lowest BCUT2D eigenvalue weighted by Crippen LogP contribution is -2.48. The van der Waals surface area contributed by atoms with Gasteiger partial charge in [-0.3, -0.25) is 4.52 Å². The van der Waals surface area contributed by atoms with Crippen molar-refractivity contribution in [3.63, 3.8) is 0 Å². The van der Waals surface area contributed by atoms with Gasteiger partial charge in [0, 0.05) is 22.6 Å². The lowest BCUT2D eigenvalue weighted by molar-refractivity contribution is 0.102. The summed E-state index contributed by atoms with van der Waals surface area (Å²) in [5, 5.41) is 9.62. The van der Waals surface area contributed by atoms with E-state index in [2.05, 4.69) is 34.9 Å². The van der Waals surface area contributed by atoms with Crippen LogP contribution in [0.15, 0.2) is 71.6 Å². The number of hydrogen-bond donors (Lipinski definition) is 4. The summed E-state index contributed by atoms with van der Waals surface area (Å²) in [6.45, 7) is -0.878. The minimum absolute atomic E-state index is 0.306. The summed E-state index contributed by atoms with van der Waals surface area (Å²) in [5.41, 5.74) is 9.32. The normalized spacial score (nSPS) is 14.6. The smallest absolute Gasteiger partial charge is 0.457 e. The first-order chi connectivity index (χ1) is 16.2. The third kappa shape index (κ3) is 6.71. The molecule has 1 atom stereocenters. The van der Waals surface area contributed by atoms with Gasteiger partial charge in [-0.15, -0.1) is 11.8 Å². The molecule has 0 spiro atoms. The average Bonchev–Trinajstić information content (AvgIpc) is 2.84. The summed E-state index contributed by atoms with van der Waals surface area (Å²) in [6, 6.07) is 22.6. The average molecular weight is 502 g/mol. The van der Waals surface area contributed by atoms with Crippen LogP contribution in [0.3, 0.4) is 0 Å². The molecule has 5 N–H and O–H groups in total. The Morgan fingerprint density at radius 1 is 1.00 bits per heavy atom. The van der Waals surface area contributed by atoms with Crippen LogP contribution in [0.4, 0.5) is 0 Å². The number of aliphatic hydroxyl groups excluding tert-OH is 1. The van der Waals surface area contributed by atoms with Crippen LogP contribution >= 0.6 is 19.6 Å². The molecule has 1 heterocycles. The zero-order valence-electron chi connectivity index (χ0n) is 18.6. The maximum Gasteiger partial charge on any atom is 0.469 e. The van der Waals surface area contributed by atoms with Crippen molar-refractivity contribution in [1.82, 2.24) is 0 Å². The van der Waals surface area contributed by atoms with E-state index in [1.165, 1.54) is 10.5 Å². The van der Waals surface area contributed by atoms with Crippen LogP contribution in [-0.4, -0.2) is 33.6 Å². The van der Waals surface area contributed by atoms with Gasteiger partial charge in [0.05, 0.1) is 18.8 Å². The monoisotopic (exact) mass is 501 g/mol. The third-order valence-corrected chi connectivity index (χ3v) is 7.28. The van der Waals surface area contributed by atoms with Crippen LogP contribution in [0.1, 0.15) is 28.7 Å². The zero-order valence-corrected chi connectivity index (χ0v) is 20.3. The molecular weight excluding hydrogens is 473 g/mol. The Bertz CT molecular complexity index is 1190. The Kier molecular flexibility index (Phi) is 7.80. The van der Waals surface area contributed by atoms with Gasteiger partial charge in [-0.25, -0.2) is 4.57 Å². The van der Waals surface area contributed by atoms with Gasteiger partial charge >= 0.3 is 7.82 Å². The number of phosphoric ester groups is 1. The van der Waals surface area contributed by atoms with Crippen molar-refractivity contribution in [3.8, 4) is 11.5 Å². The number of fused-ring (bicyclic) bond motifs is 2. The van der Waals surface area contributed by atoms with Crippen molar-refractivity contribution in [3.05, 3.63) is 89.0 Å². The van der Waals surface area contributed by atoms with E-state index < -0.39 is 26.6 Å². The molecule has 0 saturated carbocycles. The predicted molar refractivity (Wildman–Crippen MR) is 132 cm³/mol. The number of aryl methyl sites for hydroxylation is 1. The van der Waals surface area contributed by atoms with Crippen molar-refractivity contribution >= 4 is 19.6 Å². The van der Waals surface area contributed by atoms with E-state index >= 15 is 0 Å². The summed E-state index contributed by atoms with van der Waals surface area (Å²) in [7, 11) is -4.65. The van der Waals surface area contributed by atoms with Gasteiger partial charge in [0.2, 0.25) is 0 Å². The molecule has 0 saturated heterocycles. The predicted octanol–water partition coefficient (Wildman–Crippen LogP) is 4.41. The molecular formula is C25H28NO6PS. The fourth-order valence-electron chi connectivity index (χ4n) is 3.78. The molecule has 1 aliphatic heterocycles. The van der Waals surface area contributed by atoms with Crippen LogP contribution in [0, 0.1) is 0 Å². The van der Waals surface area contributed by atoms with E-state index in [1.54, 1.807) is 11.8 Å². The number of thioether (sulfide) groups is 1. The number of aliphatic hydroxyl groups is 1. The summed E-state index contributed by atoms with van der Waals surface area (Å²) in [6.07, 6.45) is 1.57. The molecule has 34 heavy (non-hydrogen) atoms. The number of hydrogen-bond acceptors (Lipinski definition) is 6. The van der Waals surface area contributed by atoms with Crippen LogP contribution in [0.25, 0.3) is 0 Å². The molecule has 0 aromatic heterocycles. The van der Waals surface area contributed by atoms with Gasteiger partial charge < -0.3 is 25.4 Å². The number of rotatable bonds is 10. The highest BCUT2D eigenvalue weighted by Gasteiger charge is 2.29. The van der Waals surface area contributed by atoms with E-state index in [9.17, 15) is 9.67 Å². The number of nitrogens with two attached hydrogens (primary N) is 1. The highest BCUT2D eigenvalue weighted by atomic mass is 32.2. The van der Waals surface area contributed by atoms with Crippen molar-refractivity contribution < 1.29 is 28.7 Å². The van der Waals surface area contributed by atoms with Gasteiger partial charge in [0.1, 0.15) is 11.5 Å². The van der Waals surface area contributed by atoms with E-state index in [0.29, 0.717) is 12.8 Å². The lowest BCUT2D eigenvalue weighted by Gasteiger charge is -2.27. The quantitative estimate of drug-likeness (QED) is 0.186. The molecule has 3 aromatic carbocycles. The molecule has 180 valence electrons. The highest BCUT2D eigenvalue weighted by Crippen LogP contribution is 2.40. The minimum atomic E-state index is -4.65. The van der Waals surface area contributed by atoms with Gasteiger partial charge in [0.15, 0.2) is 0 Å². The summed E-state index contributed by atoms with van der Waals surface area (Å²) < 4.78 is 21.6. The topological polar surface area (TPSA) is 122 Å². The van der Waals surface area contributed by atoms with Crippen molar-refractivity contribution in [2.24, 2.45) is 5.73 Å². The van der Waals surface area contributed by atoms with Crippen LogP contribution in [-0.2, 0) is 27.7 Å². The third-order valence-electron chi connectivity index (χ3n) is 5.75. The Morgan fingerprint density at radius 3 is 2.41 bits per heavy atom. The Balaban J connectivity index is 1.41. The van der Waals surface area contributed by atoms with Crippen LogP contribution in [0.2, 0.25) is 0 Å². The van der Waals surface area contributed by atoms with Gasteiger partial charge in [-0.2, -0.15) is 0 Å². The first kappa shape index (κ1) is 24.9. The SMILES string of the molecule is NC(CO)(CCc1ccc2c(c1)Cc1cc(SCc3ccccc3)ccc1O2)COP(=O)(O)O. The Hall–Kier alpha value is -2.16. The standard InChI is InChI=1S/C25H28NO6PS/c26-25(16-27,17-31-33(28,29)30)11-10-18-6-8-23-20(12-18)13-21-14-22(7-9-24(21)32-23)34-15-19-4-2-1-3-5-19/h1-9,12,14,27H,10-11,13,15-17,26H2,(H2,28,29,30). The fourth-order valence-corrected chi connectivity index (χ4v) is 5.12. The number of ether oxygens (including phenoxy) is 1. The fraction of sp³-hybridized carbons (Fsp3) is 0.280. The maximum absolute atomic E-state index is 11.0. The summed E-state index contributed by atoms with van der Waals surface area (Å²) in [4.78, 5) is 19.0. The van der Waals surface area contributed by atoms with Crippen molar-refractivity contribution in [1.29, 1.82) is 0 Å². The Morgan fingerprint density at radius 2 is 1.71 bits per heavy atom.